The van der Waals surface area contributed by atoms with Gasteiger partial charge >= 0.3 is 0 Å². The summed E-state index contributed by atoms with van der Waals surface area (Å²) in [6, 6.07) is 1.91. The molecule has 1 aromatic heterocycles. The fraction of sp³-hybridized carbons (Fsp3) is 0.600. The molecule has 0 saturated heterocycles. The van der Waals surface area contributed by atoms with Crippen LogP contribution in [0.2, 0.25) is 0 Å². The predicted molar refractivity (Wildman–Crippen MR) is 55.0 cm³/mol. The molecule has 0 amide bonds. The average molecular weight is 195 g/mol. The Hall–Kier alpha value is -1.00. The van der Waals surface area contributed by atoms with Gasteiger partial charge in [0.05, 0.1) is 11.8 Å². The summed E-state index contributed by atoms with van der Waals surface area (Å²) >= 11 is 0. The van der Waals surface area contributed by atoms with E-state index in [0.29, 0.717) is 0 Å². The Labute approximate surface area is 84.7 Å². The summed E-state index contributed by atoms with van der Waals surface area (Å²) in [5.74, 6) is 0.840. The third-order valence-electron chi connectivity index (χ3n) is 1.99. The Morgan fingerprint density at radius 2 is 2.36 bits per heavy atom. The third-order valence-corrected chi connectivity index (χ3v) is 1.99. The van der Waals surface area contributed by atoms with Crippen LogP contribution in [-0.4, -0.2) is 30.2 Å². The number of nitrogens with zero attached hydrogens (tertiary/aromatic N) is 2. The van der Waals surface area contributed by atoms with Crippen molar-refractivity contribution < 1.29 is 4.74 Å². The van der Waals surface area contributed by atoms with Gasteiger partial charge in [-0.2, -0.15) is 0 Å². The first-order valence-electron chi connectivity index (χ1n) is 4.74. The van der Waals surface area contributed by atoms with Crippen molar-refractivity contribution in [3.05, 3.63) is 23.8 Å². The maximum Gasteiger partial charge on any atom is 0.131 e. The molecule has 0 aliphatic carbocycles. The molecule has 1 atom stereocenters. The number of methoxy groups -OCH3 is 1. The standard InChI is InChI=1S/C10H17N3O/c1-8(14-3)6-10-12-5-4-9(13-10)7-11-2/h4-5,8,11H,6-7H2,1-3H3. The van der Waals surface area contributed by atoms with Gasteiger partial charge in [-0.15, -0.1) is 0 Å². The molecule has 4 heteroatoms. The van der Waals surface area contributed by atoms with Crippen molar-refractivity contribution >= 4 is 0 Å². The zero-order valence-corrected chi connectivity index (χ0v) is 8.95. The van der Waals surface area contributed by atoms with Gasteiger partial charge in [-0.3, -0.25) is 0 Å². The van der Waals surface area contributed by atoms with Gasteiger partial charge in [0.2, 0.25) is 0 Å². The molecule has 1 unspecified atom stereocenters. The highest BCUT2D eigenvalue weighted by Gasteiger charge is 2.04. The van der Waals surface area contributed by atoms with Crippen molar-refractivity contribution in [2.45, 2.75) is 26.0 Å². The molecule has 14 heavy (non-hydrogen) atoms. The van der Waals surface area contributed by atoms with E-state index in [4.69, 9.17) is 4.74 Å². The quantitative estimate of drug-likeness (QED) is 0.754. The van der Waals surface area contributed by atoms with E-state index in [1.165, 1.54) is 0 Å². The second-order valence-corrected chi connectivity index (χ2v) is 3.24. The van der Waals surface area contributed by atoms with Gasteiger partial charge in [-0.25, -0.2) is 9.97 Å². The highest BCUT2D eigenvalue weighted by atomic mass is 16.5. The van der Waals surface area contributed by atoms with E-state index < -0.39 is 0 Å². The summed E-state index contributed by atoms with van der Waals surface area (Å²) in [5, 5.41) is 3.06. The largest absolute Gasteiger partial charge is 0.381 e. The van der Waals surface area contributed by atoms with Gasteiger partial charge in [0.25, 0.3) is 0 Å². The van der Waals surface area contributed by atoms with Crippen molar-refractivity contribution in [3.63, 3.8) is 0 Å². The van der Waals surface area contributed by atoms with Crippen LogP contribution in [0.15, 0.2) is 12.3 Å². The average Bonchev–Trinajstić information content (AvgIpc) is 2.19. The molecule has 0 bridgehead atoms. The van der Waals surface area contributed by atoms with Crippen molar-refractivity contribution in [2.24, 2.45) is 0 Å². The number of hydrogen-bond donors (Lipinski definition) is 1. The van der Waals surface area contributed by atoms with Gasteiger partial charge in [0, 0.05) is 26.3 Å². The fourth-order valence-electron chi connectivity index (χ4n) is 1.16. The van der Waals surface area contributed by atoms with Crippen LogP contribution in [-0.2, 0) is 17.7 Å². The Bertz CT molecular complexity index is 278. The lowest BCUT2D eigenvalue weighted by Crippen LogP contribution is -2.13. The van der Waals surface area contributed by atoms with Crippen molar-refractivity contribution in [1.82, 2.24) is 15.3 Å². The molecule has 0 fully saturated rings. The van der Waals surface area contributed by atoms with Crippen LogP contribution >= 0.6 is 0 Å². The monoisotopic (exact) mass is 195 g/mol. The van der Waals surface area contributed by atoms with Crippen LogP contribution in [0.1, 0.15) is 18.4 Å². The smallest absolute Gasteiger partial charge is 0.131 e. The van der Waals surface area contributed by atoms with Crippen LogP contribution in [0.3, 0.4) is 0 Å². The number of nitrogens with one attached hydrogen (secondary N) is 1. The van der Waals surface area contributed by atoms with Crippen LogP contribution < -0.4 is 5.32 Å². The van der Waals surface area contributed by atoms with Gasteiger partial charge < -0.3 is 10.1 Å². The molecule has 1 aromatic rings. The van der Waals surface area contributed by atoms with E-state index in [2.05, 4.69) is 15.3 Å². The van der Waals surface area contributed by atoms with E-state index >= 15 is 0 Å². The summed E-state index contributed by atoms with van der Waals surface area (Å²) in [6.45, 7) is 2.78. The van der Waals surface area contributed by atoms with Crippen molar-refractivity contribution in [1.29, 1.82) is 0 Å². The zero-order valence-electron chi connectivity index (χ0n) is 8.95. The molecule has 1 rings (SSSR count). The second kappa shape index (κ2) is 5.67. The fourth-order valence-corrected chi connectivity index (χ4v) is 1.16. The molecule has 0 aliphatic rings. The maximum atomic E-state index is 5.16. The number of hydrogen-bond acceptors (Lipinski definition) is 4. The Morgan fingerprint density at radius 1 is 1.57 bits per heavy atom. The molecule has 0 radical (unpaired) electrons. The van der Waals surface area contributed by atoms with Gasteiger partial charge in [0.15, 0.2) is 0 Å². The molecule has 0 aliphatic heterocycles. The maximum absolute atomic E-state index is 5.16. The van der Waals surface area contributed by atoms with Gasteiger partial charge in [0.1, 0.15) is 5.82 Å². The lowest BCUT2D eigenvalue weighted by molar-refractivity contribution is 0.117. The first kappa shape index (κ1) is 11.1. The first-order chi connectivity index (χ1) is 6.76. The van der Waals surface area contributed by atoms with Gasteiger partial charge in [-0.05, 0) is 20.0 Å². The first-order valence-corrected chi connectivity index (χ1v) is 4.74. The number of rotatable bonds is 5. The lowest BCUT2D eigenvalue weighted by Gasteiger charge is -2.08. The van der Waals surface area contributed by atoms with E-state index in [1.54, 1.807) is 13.3 Å². The summed E-state index contributed by atoms with van der Waals surface area (Å²) in [7, 11) is 3.60. The summed E-state index contributed by atoms with van der Waals surface area (Å²) in [4.78, 5) is 8.59. The molecule has 4 nitrogen and oxygen atoms in total. The number of aromatic nitrogens is 2. The molecule has 0 spiro atoms. The molecule has 0 aromatic carbocycles. The highest BCUT2D eigenvalue weighted by molar-refractivity contribution is 5.02. The zero-order chi connectivity index (χ0) is 10.4. The van der Waals surface area contributed by atoms with Crippen LogP contribution in [0.4, 0.5) is 0 Å². The Morgan fingerprint density at radius 3 is 3.00 bits per heavy atom. The minimum atomic E-state index is 0.167. The lowest BCUT2D eigenvalue weighted by atomic mass is 10.2. The molecular weight excluding hydrogens is 178 g/mol. The summed E-state index contributed by atoms with van der Waals surface area (Å²) in [6.07, 6.45) is 2.71. The van der Waals surface area contributed by atoms with Gasteiger partial charge in [-0.1, -0.05) is 0 Å². The highest BCUT2D eigenvalue weighted by Crippen LogP contribution is 2.00. The van der Waals surface area contributed by atoms with Crippen LogP contribution in [0.5, 0.6) is 0 Å². The third kappa shape index (κ3) is 3.40. The minimum absolute atomic E-state index is 0.167. The van der Waals surface area contributed by atoms with E-state index in [1.807, 2.05) is 20.0 Å². The molecular formula is C10H17N3O. The van der Waals surface area contributed by atoms with Crippen LogP contribution in [0.25, 0.3) is 0 Å². The minimum Gasteiger partial charge on any atom is -0.381 e. The van der Waals surface area contributed by atoms with Crippen molar-refractivity contribution in [2.75, 3.05) is 14.2 Å². The summed E-state index contributed by atoms with van der Waals surface area (Å²) < 4.78 is 5.16. The molecule has 0 saturated carbocycles. The molecule has 1 N–H and O–H groups in total. The van der Waals surface area contributed by atoms with Crippen LogP contribution in [0, 0.1) is 0 Å². The Balaban J connectivity index is 2.63. The molecule has 1 heterocycles. The Kier molecular flexibility index (Phi) is 4.49. The van der Waals surface area contributed by atoms with E-state index in [9.17, 15) is 0 Å². The second-order valence-electron chi connectivity index (χ2n) is 3.24. The SMILES string of the molecule is CNCc1ccnc(CC(C)OC)n1. The van der Waals surface area contributed by atoms with E-state index in [-0.39, 0.29) is 6.10 Å². The van der Waals surface area contributed by atoms with E-state index in [0.717, 1.165) is 24.5 Å². The summed E-state index contributed by atoms with van der Waals surface area (Å²) in [5.41, 5.74) is 1.01. The van der Waals surface area contributed by atoms with Crippen molar-refractivity contribution in [3.8, 4) is 0 Å². The topological polar surface area (TPSA) is 47.0 Å². The predicted octanol–water partition coefficient (Wildman–Crippen LogP) is 0.773. The normalized spacial score (nSPS) is 12.8. The number of ether oxygens (including phenoxy) is 1. The molecule has 78 valence electrons.